The minimum atomic E-state index is 0.110. The first-order valence-corrected chi connectivity index (χ1v) is 3.69. The monoisotopic (exact) mass is 205 g/mol. The maximum absolute atomic E-state index is 8.56. The summed E-state index contributed by atoms with van der Waals surface area (Å²) >= 11 is 3.19. The predicted molar refractivity (Wildman–Crippen MR) is 39.5 cm³/mol. The van der Waals surface area contributed by atoms with Crippen molar-refractivity contribution in [1.82, 2.24) is 14.8 Å². The number of hydrogen-bond donors (Lipinski definition) is 1. The molecule has 0 fully saturated rings. The molecular weight excluding hydrogens is 198 g/mol. The molecule has 56 valence electrons. The third kappa shape index (κ3) is 1.35. The van der Waals surface area contributed by atoms with Crippen molar-refractivity contribution in [2.24, 2.45) is 7.05 Å². The van der Waals surface area contributed by atoms with Gasteiger partial charge in [0.15, 0.2) is 4.73 Å². The summed E-state index contributed by atoms with van der Waals surface area (Å²) in [6.45, 7) is 0.110. The van der Waals surface area contributed by atoms with Crippen LogP contribution in [0, 0.1) is 0 Å². The molecule has 0 unspecified atom stereocenters. The van der Waals surface area contributed by atoms with Gasteiger partial charge in [0.1, 0.15) is 5.82 Å². The first-order valence-electron chi connectivity index (χ1n) is 2.90. The summed E-state index contributed by atoms with van der Waals surface area (Å²) < 4.78 is 2.48. The summed E-state index contributed by atoms with van der Waals surface area (Å²) in [6, 6.07) is 0. The molecule has 10 heavy (non-hydrogen) atoms. The Morgan fingerprint density at radius 1 is 1.60 bits per heavy atom. The molecular formula is C5H8BrN3O. The molecule has 0 aliphatic carbocycles. The topological polar surface area (TPSA) is 50.9 Å². The van der Waals surface area contributed by atoms with Gasteiger partial charge in [-0.2, -0.15) is 0 Å². The molecule has 0 aliphatic rings. The minimum Gasteiger partial charge on any atom is -0.396 e. The largest absolute Gasteiger partial charge is 0.396 e. The van der Waals surface area contributed by atoms with E-state index in [-0.39, 0.29) is 6.61 Å². The fraction of sp³-hybridized carbons (Fsp3) is 0.600. The van der Waals surface area contributed by atoms with Crippen LogP contribution < -0.4 is 0 Å². The van der Waals surface area contributed by atoms with Crippen molar-refractivity contribution in [2.45, 2.75) is 6.42 Å². The molecule has 1 N–H and O–H groups in total. The molecule has 0 aliphatic heterocycles. The zero-order chi connectivity index (χ0) is 7.56. The molecule has 4 nitrogen and oxygen atoms in total. The maximum atomic E-state index is 8.56. The van der Waals surface area contributed by atoms with Crippen LogP contribution in [-0.2, 0) is 13.5 Å². The summed E-state index contributed by atoms with van der Waals surface area (Å²) in [7, 11) is 1.84. The third-order valence-electron chi connectivity index (χ3n) is 1.25. The van der Waals surface area contributed by atoms with Crippen molar-refractivity contribution in [3.05, 3.63) is 10.6 Å². The molecule has 1 aromatic rings. The molecule has 0 spiro atoms. The molecule has 0 bridgehead atoms. The van der Waals surface area contributed by atoms with Gasteiger partial charge in [0.25, 0.3) is 0 Å². The van der Waals surface area contributed by atoms with E-state index in [1.807, 2.05) is 7.05 Å². The quantitative estimate of drug-likeness (QED) is 0.747. The third-order valence-corrected chi connectivity index (χ3v) is 1.94. The molecule has 0 atom stereocenters. The lowest BCUT2D eigenvalue weighted by molar-refractivity contribution is 0.295. The van der Waals surface area contributed by atoms with Crippen LogP contribution in [0.15, 0.2) is 4.73 Å². The van der Waals surface area contributed by atoms with Crippen molar-refractivity contribution in [3.63, 3.8) is 0 Å². The van der Waals surface area contributed by atoms with Gasteiger partial charge >= 0.3 is 0 Å². The Hall–Kier alpha value is -0.420. The second kappa shape index (κ2) is 3.12. The van der Waals surface area contributed by atoms with E-state index >= 15 is 0 Å². The minimum absolute atomic E-state index is 0.110. The van der Waals surface area contributed by atoms with Crippen LogP contribution in [-0.4, -0.2) is 26.5 Å². The van der Waals surface area contributed by atoms with Crippen molar-refractivity contribution in [2.75, 3.05) is 6.61 Å². The second-order valence-corrected chi connectivity index (χ2v) is 2.63. The Balaban J connectivity index is 2.83. The SMILES string of the molecule is Cn1c(Br)nnc1CCO. The van der Waals surface area contributed by atoms with Crippen LogP contribution in [0.5, 0.6) is 0 Å². The van der Waals surface area contributed by atoms with E-state index in [0.29, 0.717) is 11.2 Å². The number of hydrogen-bond acceptors (Lipinski definition) is 3. The molecule has 0 saturated carbocycles. The first kappa shape index (κ1) is 7.68. The lowest BCUT2D eigenvalue weighted by Crippen LogP contribution is -2.00. The van der Waals surface area contributed by atoms with Crippen molar-refractivity contribution in [1.29, 1.82) is 0 Å². The van der Waals surface area contributed by atoms with Crippen molar-refractivity contribution >= 4 is 15.9 Å². The van der Waals surface area contributed by atoms with Gasteiger partial charge in [-0.15, -0.1) is 10.2 Å². The standard InChI is InChI=1S/C5H8BrN3O/c1-9-4(2-3-10)7-8-5(9)6/h10H,2-3H2,1H3. The van der Waals surface area contributed by atoms with E-state index in [9.17, 15) is 0 Å². The highest BCUT2D eigenvalue weighted by molar-refractivity contribution is 9.10. The number of halogens is 1. The summed E-state index contributed by atoms with van der Waals surface area (Å²) in [6.07, 6.45) is 0.551. The Bertz CT molecular complexity index is 223. The van der Waals surface area contributed by atoms with Gasteiger partial charge in [0, 0.05) is 13.5 Å². The number of aliphatic hydroxyl groups excluding tert-OH is 1. The summed E-state index contributed by atoms with van der Waals surface area (Å²) in [5.41, 5.74) is 0. The molecule has 0 amide bonds. The Kier molecular flexibility index (Phi) is 2.39. The molecule has 0 radical (unpaired) electrons. The Labute approximate surface area is 67.0 Å². The smallest absolute Gasteiger partial charge is 0.199 e. The maximum Gasteiger partial charge on any atom is 0.199 e. The van der Waals surface area contributed by atoms with Crippen LogP contribution in [0.4, 0.5) is 0 Å². The molecule has 1 heterocycles. The van der Waals surface area contributed by atoms with Gasteiger partial charge in [-0.25, -0.2) is 0 Å². The van der Waals surface area contributed by atoms with Crippen LogP contribution in [0.2, 0.25) is 0 Å². The van der Waals surface area contributed by atoms with Crippen molar-refractivity contribution in [3.8, 4) is 0 Å². The zero-order valence-corrected chi connectivity index (χ0v) is 7.17. The highest BCUT2D eigenvalue weighted by Gasteiger charge is 2.03. The van der Waals surface area contributed by atoms with Gasteiger partial charge < -0.3 is 9.67 Å². The highest BCUT2D eigenvalue weighted by atomic mass is 79.9. The number of aromatic nitrogens is 3. The van der Waals surface area contributed by atoms with Gasteiger partial charge in [-0.3, -0.25) is 0 Å². The predicted octanol–water partition coefficient (Wildman–Crippen LogP) is 0.112. The lowest BCUT2D eigenvalue weighted by Gasteiger charge is -1.95. The van der Waals surface area contributed by atoms with E-state index in [1.165, 1.54) is 0 Å². The number of aliphatic hydroxyl groups is 1. The normalized spacial score (nSPS) is 10.3. The van der Waals surface area contributed by atoms with Crippen LogP contribution in [0.25, 0.3) is 0 Å². The van der Waals surface area contributed by atoms with Gasteiger partial charge in [0.05, 0.1) is 6.61 Å². The van der Waals surface area contributed by atoms with Crippen LogP contribution in [0.1, 0.15) is 5.82 Å². The van der Waals surface area contributed by atoms with E-state index in [1.54, 1.807) is 4.57 Å². The van der Waals surface area contributed by atoms with E-state index in [4.69, 9.17) is 5.11 Å². The molecule has 1 rings (SSSR count). The average Bonchev–Trinajstić information content (AvgIpc) is 2.20. The van der Waals surface area contributed by atoms with Crippen LogP contribution >= 0.6 is 15.9 Å². The van der Waals surface area contributed by atoms with Crippen LogP contribution in [0.3, 0.4) is 0 Å². The molecule has 0 aromatic carbocycles. The summed E-state index contributed by atoms with van der Waals surface area (Å²) in [5, 5.41) is 16.1. The molecule has 1 aromatic heterocycles. The fourth-order valence-corrected chi connectivity index (χ4v) is 0.941. The number of nitrogens with zero attached hydrogens (tertiary/aromatic N) is 3. The lowest BCUT2D eigenvalue weighted by atomic mass is 10.4. The van der Waals surface area contributed by atoms with Gasteiger partial charge in [-0.05, 0) is 15.9 Å². The van der Waals surface area contributed by atoms with Gasteiger partial charge in [0.2, 0.25) is 0 Å². The van der Waals surface area contributed by atoms with Crippen molar-refractivity contribution < 1.29 is 5.11 Å². The zero-order valence-electron chi connectivity index (χ0n) is 5.58. The highest BCUT2D eigenvalue weighted by Crippen LogP contribution is 2.05. The van der Waals surface area contributed by atoms with Gasteiger partial charge in [-0.1, -0.05) is 0 Å². The van der Waals surface area contributed by atoms with E-state index < -0.39 is 0 Å². The first-order chi connectivity index (χ1) is 4.75. The average molecular weight is 206 g/mol. The van der Waals surface area contributed by atoms with E-state index in [2.05, 4.69) is 26.1 Å². The Morgan fingerprint density at radius 3 is 2.70 bits per heavy atom. The van der Waals surface area contributed by atoms with E-state index in [0.717, 1.165) is 5.82 Å². The second-order valence-electron chi connectivity index (χ2n) is 1.92. The number of rotatable bonds is 2. The fourth-order valence-electron chi connectivity index (χ4n) is 0.657. The summed E-state index contributed by atoms with van der Waals surface area (Å²) in [5.74, 6) is 0.786. The molecule has 0 saturated heterocycles. The Morgan fingerprint density at radius 2 is 2.30 bits per heavy atom. The summed E-state index contributed by atoms with van der Waals surface area (Å²) in [4.78, 5) is 0. The molecule has 5 heteroatoms.